The molecule has 1 aliphatic rings. The fourth-order valence-corrected chi connectivity index (χ4v) is 3.60. The second-order valence-corrected chi connectivity index (χ2v) is 8.00. The standard InChI is InChI=1S/C25H28N4O2/c1-19-8-9-22(16-24(19)31-23-7-4-10-26-17-23)27-25(30)21-6-3-5-20(15-21)18-29-13-11-28(2)12-14-29/h3-10,15-17H,11-14,18H2,1-2H3,(H,27,30). The lowest BCUT2D eigenvalue weighted by molar-refractivity contribution is 0.102. The average Bonchev–Trinajstić information content (AvgIpc) is 2.78. The van der Waals surface area contributed by atoms with Gasteiger partial charge in [0.25, 0.3) is 5.91 Å². The lowest BCUT2D eigenvalue weighted by Gasteiger charge is -2.32. The van der Waals surface area contributed by atoms with Gasteiger partial charge in [0.05, 0.1) is 6.20 Å². The van der Waals surface area contributed by atoms with E-state index in [0.29, 0.717) is 22.7 Å². The molecule has 0 aliphatic carbocycles. The fourth-order valence-electron chi connectivity index (χ4n) is 3.60. The number of piperazine rings is 1. The molecule has 2 heterocycles. The first-order valence-electron chi connectivity index (χ1n) is 10.6. The molecule has 3 aromatic rings. The topological polar surface area (TPSA) is 57.7 Å². The zero-order valence-electron chi connectivity index (χ0n) is 18.0. The van der Waals surface area contributed by atoms with E-state index in [2.05, 4.69) is 33.2 Å². The second-order valence-electron chi connectivity index (χ2n) is 8.00. The van der Waals surface area contributed by atoms with Crippen LogP contribution in [0.25, 0.3) is 0 Å². The van der Waals surface area contributed by atoms with E-state index >= 15 is 0 Å². The minimum Gasteiger partial charge on any atom is -0.455 e. The highest BCUT2D eigenvalue weighted by molar-refractivity contribution is 6.04. The van der Waals surface area contributed by atoms with E-state index in [4.69, 9.17) is 4.74 Å². The Balaban J connectivity index is 1.43. The molecule has 0 bridgehead atoms. The molecule has 0 radical (unpaired) electrons. The van der Waals surface area contributed by atoms with Crippen LogP contribution in [0.2, 0.25) is 0 Å². The maximum absolute atomic E-state index is 12.9. The quantitative estimate of drug-likeness (QED) is 0.653. The van der Waals surface area contributed by atoms with Crippen molar-refractivity contribution in [2.24, 2.45) is 0 Å². The third kappa shape index (κ3) is 5.69. The number of benzene rings is 2. The molecule has 0 saturated carbocycles. The van der Waals surface area contributed by atoms with E-state index in [1.54, 1.807) is 12.4 Å². The van der Waals surface area contributed by atoms with Crippen molar-refractivity contribution in [3.8, 4) is 11.5 Å². The number of aromatic nitrogens is 1. The van der Waals surface area contributed by atoms with Crippen LogP contribution in [-0.2, 0) is 6.54 Å². The third-order valence-corrected chi connectivity index (χ3v) is 5.50. The molecule has 4 rings (SSSR count). The van der Waals surface area contributed by atoms with Gasteiger partial charge in [-0.25, -0.2) is 0 Å². The Hall–Kier alpha value is -3.22. The predicted octanol–water partition coefficient (Wildman–Crippen LogP) is 4.18. The van der Waals surface area contributed by atoms with E-state index in [-0.39, 0.29) is 5.91 Å². The van der Waals surface area contributed by atoms with Crippen LogP contribution in [0.15, 0.2) is 67.0 Å². The highest BCUT2D eigenvalue weighted by Crippen LogP contribution is 2.27. The van der Waals surface area contributed by atoms with Crippen LogP contribution in [0.1, 0.15) is 21.5 Å². The number of hydrogen-bond acceptors (Lipinski definition) is 5. The summed E-state index contributed by atoms with van der Waals surface area (Å²) in [6, 6.07) is 17.2. The molecular formula is C25H28N4O2. The summed E-state index contributed by atoms with van der Waals surface area (Å²) in [5.41, 5.74) is 3.48. The van der Waals surface area contributed by atoms with Gasteiger partial charge in [0.1, 0.15) is 11.5 Å². The first kappa shape index (κ1) is 21.0. The van der Waals surface area contributed by atoms with Gasteiger partial charge in [0.2, 0.25) is 0 Å². The first-order valence-corrected chi connectivity index (χ1v) is 10.6. The van der Waals surface area contributed by atoms with Crippen molar-refractivity contribution in [3.05, 3.63) is 83.7 Å². The normalized spacial score (nSPS) is 14.9. The molecule has 1 N–H and O–H groups in total. The smallest absolute Gasteiger partial charge is 0.255 e. The predicted molar refractivity (Wildman–Crippen MR) is 123 cm³/mol. The summed E-state index contributed by atoms with van der Waals surface area (Å²) in [6.07, 6.45) is 3.37. The zero-order valence-corrected chi connectivity index (χ0v) is 18.0. The number of nitrogens with one attached hydrogen (secondary N) is 1. The Bertz CT molecular complexity index is 1030. The number of amides is 1. The molecule has 160 valence electrons. The Morgan fingerprint density at radius 3 is 2.68 bits per heavy atom. The van der Waals surface area contributed by atoms with Crippen LogP contribution in [0.3, 0.4) is 0 Å². The van der Waals surface area contributed by atoms with Gasteiger partial charge in [-0.15, -0.1) is 0 Å². The number of hydrogen-bond donors (Lipinski definition) is 1. The van der Waals surface area contributed by atoms with Gasteiger partial charge in [-0.1, -0.05) is 18.2 Å². The highest BCUT2D eigenvalue weighted by Gasteiger charge is 2.15. The number of nitrogens with zero attached hydrogens (tertiary/aromatic N) is 3. The number of pyridine rings is 1. The Morgan fingerprint density at radius 2 is 1.90 bits per heavy atom. The van der Waals surface area contributed by atoms with E-state index < -0.39 is 0 Å². The first-order chi connectivity index (χ1) is 15.1. The molecule has 1 saturated heterocycles. The summed E-state index contributed by atoms with van der Waals surface area (Å²) >= 11 is 0. The third-order valence-electron chi connectivity index (χ3n) is 5.50. The number of anilines is 1. The maximum atomic E-state index is 12.9. The molecule has 0 unspecified atom stereocenters. The van der Waals surface area contributed by atoms with Crippen LogP contribution in [0.4, 0.5) is 5.69 Å². The van der Waals surface area contributed by atoms with E-state index in [9.17, 15) is 4.79 Å². The summed E-state index contributed by atoms with van der Waals surface area (Å²) in [5.74, 6) is 1.22. The Labute approximate surface area is 183 Å². The molecule has 6 heteroatoms. The Morgan fingerprint density at radius 1 is 1.06 bits per heavy atom. The minimum absolute atomic E-state index is 0.128. The van der Waals surface area contributed by atoms with Gasteiger partial charge < -0.3 is 15.0 Å². The summed E-state index contributed by atoms with van der Waals surface area (Å²) in [6.45, 7) is 7.10. The highest BCUT2D eigenvalue weighted by atomic mass is 16.5. The molecule has 6 nitrogen and oxygen atoms in total. The summed E-state index contributed by atoms with van der Waals surface area (Å²) in [4.78, 5) is 21.7. The monoisotopic (exact) mass is 416 g/mol. The van der Waals surface area contributed by atoms with Crippen molar-refractivity contribution in [2.75, 3.05) is 38.5 Å². The van der Waals surface area contributed by atoms with E-state index in [0.717, 1.165) is 43.9 Å². The number of likely N-dealkylation sites (N-methyl/N-ethyl adjacent to an activating group) is 1. The average molecular weight is 417 g/mol. The summed E-state index contributed by atoms with van der Waals surface area (Å²) in [7, 11) is 2.15. The molecular weight excluding hydrogens is 388 g/mol. The van der Waals surface area contributed by atoms with Crippen LogP contribution in [0, 0.1) is 6.92 Å². The van der Waals surface area contributed by atoms with Crippen LogP contribution in [-0.4, -0.2) is 53.9 Å². The van der Waals surface area contributed by atoms with Gasteiger partial charge in [-0.2, -0.15) is 0 Å². The van der Waals surface area contributed by atoms with Gasteiger partial charge in [0.15, 0.2) is 0 Å². The number of carbonyl (C=O) groups is 1. The van der Waals surface area contributed by atoms with Crippen molar-refractivity contribution in [2.45, 2.75) is 13.5 Å². The molecule has 0 spiro atoms. The molecule has 2 aromatic carbocycles. The van der Waals surface area contributed by atoms with Crippen molar-refractivity contribution in [3.63, 3.8) is 0 Å². The molecule has 0 atom stereocenters. The van der Waals surface area contributed by atoms with Crippen LogP contribution < -0.4 is 10.1 Å². The van der Waals surface area contributed by atoms with Gasteiger partial charge >= 0.3 is 0 Å². The van der Waals surface area contributed by atoms with E-state index in [1.165, 1.54) is 0 Å². The molecule has 1 aliphatic heterocycles. The lowest BCUT2D eigenvalue weighted by atomic mass is 10.1. The van der Waals surface area contributed by atoms with Crippen LogP contribution >= 0.6 is 0 Å². The molecule has 1 aromatic heterocycles. The number of rotatable bonds is 6. The SMILES string of the molecule is Cc1ccc(NC(=O)c2cccc(CN3CCN(C)CC3)c2)cc1Oc1cccnc1. The second kappa shape index (κ2) is 9.73. The van der Waals surface area contributed by atoms with Gasteiger partial charge in [0, 0.05) is 56.2 Å². The summed E-state index contributed by atoms with van der Waals surface area (Å²) < 4.78 is 5.93. The molecule has 31 heavy (non-hydrogen) atoms. The van der Waals surface area contributed by atoms with Crippen molar-refractivity contribution < 1.29 is 9.53 Å². The number of carbonyl (C=O) groups excluding carboxylic acids is 1. The Kier molecular flexibility index (Phi) is 6.60. The van der Waals surface area contributed by atoms with Gasteiger partial charge in [-0.05, 0) is 55.4 Å². The van der Waals surface area contributed by atoms with E-state index in [1.807, 2.05) is 55.5 Å². The summed E-state index contributed by atoms with van der Waals surface area (Å²) in [5, 5.41) is 2.99. The number of ether oxygens (including phenoxy) is 1. The van der Waals surface area contributed by atoms with Crippen molar-refractivity contribution in [1.82, 2.24) is 14.8 Å². The van der Waals surface area contributed by atoms with Crippen molar-refractivity contribution >= 4 is 11.6 Å². The van der Waals surface area contributed by atoms with Gasteiger partial charge in [-0.3, -0.25) is 14.7 Å². The van der Waals surface area contributed by atoms with Crippen molar-refractivity contribution in [1.29, 1.82) is 0 Å². The minimum atomic E-state index is -0.128. The largest absolute Gasteiger partial charge is 0.455 e. The fraction of sp³-hybridized carbons (Fsp3) is 0.280. The molecule has 1 fully saturated rings. The van der Waals surface area contributed by atoms with Crippen LogP contribution in [0.5, 0.6) is 11.5 Å². The zero-order chi connectivity index (χ0) is 21.6. The molecule has 1 amide bonds. The lowest BCUT2D eigenvalue weighted by Crippen LogP contribution is -2.43. The maximum Gasteiger partial charge on any atom is 0.255 e. The number of aryl methyl sites for hydroxylation is 1.